The summed E-state index contributed by atoms with van der Waals surface area (Å²) in [5.74, 6) is -1.39. The molecule has 1 N–H and O–H groups in total. The predicted molar refractivity (Wildman–Crippen MR) is 119 cm³/mol. The van der Waals surface area contributed by atoms with Gasteiger partial charge < -0.3 is 10.1 Å². The summed E-state index contributed by atoms with van der Waals surface area (Å²) in [6.45, 7) is 8.35. The molecule has 0 radical (unpaired) electrons. The Bertz CT molecular complexity index is 1050. The van der Waals surface area contributed by atoms with Crippen LogP contribution in [0.15, 0.2) is 54.6 Å². The largest absolute Gasteiger partial charge is 0.477 e. The second-order valence-electron chi connectivity index (χ2n) is 8.03. The summed E-state index contributed by atoms with van der Waals surface area (Å²) < 4.78 is 14.9. The van der Waals surface area contributed by atoms with Gasteiger partial charge in [-0.3, -0.25) is 0 Å². The third-order valence-corrected chi connectivity index (χ3v) is 6.37. The van der Waals surface area contributed by atoms with Crippen LogP contribution >= 0.6 is 0 Å². The number of aromatic nitrogens is 2. The normalized spacial score (nSPS) is 14.7. The molecule has 3 rings (SSSR count). The molecule has 0 fully saturated rings. The van der Waals surface area contributed by atoms with Gasteiger partial charge in [-0.2, -0.15) is 0 Å². The monoisotopic (exact) mass is 614 g/mol. The van der Waals surface area contributed by atoms with Crippen molar-refractivity contribution in [2.45, 2.75) is 46.0 Å². The van der Waals surface area contributed by atoms with Crippen LogP contribution in [0.3, 0.4) is 0 Å². The smallest absolute Gasteiger partial charge is 0.354 e. The van der Waals surface area contributed by atoms with Crippen LogP contribution in [-0.4, -0.2) is 21.0 Å². The molecule has 3 aromatic rings. The van der Waals surface area contributed by atoms with Gasteiger partial charge in [-0.15, -0.1) is 35.9 Å². The summed E-state index contributed by atoms with van der Waals surface area (Å²) >= 11 is 0. The fraction of sp³-hybridized carbons (Fsp3) is 0.346. The summed E-state index contributed by atoms with van der Waals surface area (Å²) in [4.78, 5) is 21.1. The molecule has 0 spiro atoms. The van der Waals surface area contributed by atoms with E-state index in [0.717, 1.165) is 12.8 Å². The Hall–Kier alpha value is -2.39. The Morgan fingerprint density at radius 2 is 1.72 bits per heavy atom. The summed E-state index contributed by atoms with van der Waals surface area (Å²) in [7, 11) is 0. The quantitative estimate of drug-likeness (QED) is 0.309. The van der Waals surface area contributed by atoms with Crippen molar-refractivity contribution < 1.29 is 35.4 Å². The minimum atomic E-state index is -1.09. The number of benzene rings is 1. The molecule has 0 aliphatic heterocycles. The number of nitrogens with zero attached hydrogens (tertiary/aromatic N) is 2. The minimum absolute atomic E-state index is 0. The molecule has 0 amide bonds. The number of halogens is 1. The fourth-order valence-corrected chi connectivity index (χ4v) is 4.45. The van der Waals surface area contributed by atoms with Crippen LogP contribution in [0.2, 0.25) is 0 Å². The van der Waals surface area contributed by atoms with Gasteiger partial charge in [0.25, 0.3) is 0 Å². The third kappa shape index (κ3) is 4.83. The second kappa shape index (κ2) is 11.0. The molecule has 1 aromatic carbocycles. The molecule has 0 saturated carbocycles. The van der Waals surface area contributed by atoms with E-state index in [1.54, 1.807) is 12.1 Å². The molecular formula is C26H28FN2O2Pt-. The molecule has 2 heterocycles. The van der Waals surface area contributed by atoms with Crippen molar-refractivity contribution in [1.29, 1.82) is 0 Å². The molecule has 2 unspecified atom stereocenters. The van der Waals surface area contributed by atoms with Crippen LogP contribution < -0.4 is 0 Å². The molecule has 0 aliphatic rings. The Morgan fingerprint density at radius 3 is 2.28 bits per heavy atom. The van der Waals surface area contributed by atoms with E-state index in [0.29, 0.717) is 22.6 Å². The minimum Gasteiger partial charge on any atom is -0.477 e. The van der Waals surface area contributed by atoms with Gasteiger partial charge in [-0.1, -0.05) is 46.6 Å². The summed E-state index contributed by atoms with van der Waals surface area (Å²) in [5.41, 5.74) is 1.61. The number of carboxylic acid groups (broad SMARTS) is 1. The topological polar surface area (TPSA) is 63.1 Å². The van der Waals surface area contributed by atoms with Gasteiger partial charge in [0.1, 0.15) is 11.5 Å². The first-order chi connectivity index (χ1) is 14.8. The van der Waals surface area contributed by atoms with Gasteiger partial charge >= 0.3 is 5.97 Å². The zero-order chi connectivity index (χ0) is 22.6. The maximum atomic E-state index is 14.9. The van der Waals surface area contributed by atoms with E-state index in [-0.39, 0.29) is 44.4 Å². The van der Waals surface area contributed by atoms with Crippen LogP contribution in [0.1, 0.15) is 62.4 Å². The Labute approximate surface area is 203 Å². The van der Waals surface area contributed by atoms with Crippen LogP contribution in [0.5, 0.6) is 0 Å². The van der Waals surface area contributed by atoms with Crippen molar-refractivity contribution in [3.05, 3.63) is 83.6 Å². The van der Waals surface area contributed by atoms with E-state index in [4.69, 9.17) is 4.98 Å². The maximum Gasteiger partial charge on any atom is 0.354 e. The first-order valence-electron chi connectivity index (χ1n) is 10.7. The molecule has 4 nitrogen and oxygen atoms in total. The molecular weight excluding hydrogens is 586 g/mol. The van der Waals surface area contributed by atoms with Crippen LogP contribution in [-0.2, 0) is 26.5 Å². The van der Waals surface area contributed by atoms with E-state index in [1.165, 1.54) is 18.2 Å². The van der Waals surface area contributed by atoms with E-state index in [9.17, 15) is 14.3 Å². The molecule has 2 atom stereocenters. The van der Waals surface area contributed by atoms with Crippen LogP contribution in [0, 0.1) is 23.7 Å². The number of carboxylic acids is 1. The van der Waals surface area contributed by atoms with Crippen molar-refractivity contribution in [2.24, 2.45) is 11.8 Å². The molecule has 0 aliphatic carbocycles. The molecule has 6 heteroatoms. The van der Waals surface area contributed by atoms with Gasteiger partial charge in [0.2, 0.25) is 0 Å². The molecule has 0 bridgehead atoms. The maximum absolute atomic E-state index is 14.9. The summed E-state index contributed by atoms with van der Waals surface area (Å²) in [6, 6.07) is 18.4. The Kier molecular flexibility index (Phi) is 8.86. The first-order valence-corrected chi connectivity index (χ1v) is 10.7. The number of hydrogen-bond donors (Lipinski definition) is 1. The van der Waals surface area contributed by atoms with Crippen LogP contribution in [0.4, 0.5) is 4.39 Å². The zero-order valence-corrected chi connectivity index (χ0v) is 21.0. The van der Waals surface area contributed by atoms with Crippen molar-refractivity contribution in [3.8, 4) is 11.3 Å². The van der Waals surface area contributed by atoms with E-state index in [2.05, 4.69) is 38.7 Å². The number of hydrogen-bond acceptors (Lipinski definition) is 3. The zero-order valence-electron chi connectivity index (χ0n) is 18.7. The van der Waals surface area contributed by atoms with E-state index in [1.807, 2.05) is 24.3 Å². The van der Waals surface area contributed by atoms with Gasteiger partial charge in [0.15, 0.2) is 0 Å². The van der Waals surface area contributed by atoms with Gasteiger partial charge in [-0.05, 0) is 41.8 Å². The Morgan fingerprint density at radius 1 is 1.03 bits per heavy atom. The van der Waals surface area contributed by atoms with Crippen molar-refractivity contribution in [2.75, 3.05) is 0 Å². The third-order valence-electron chi connectivity index (χ3n) is 6.37. The first kappa shape index (κ1) is 25.9. The number of aromatic carboxylic acids is 1. The summed E-state index contributed by atoms with van der Waals surface area (Å²) in [6.07, 6.45) is 1.60. The SMILES string of the molecule is CCC(C)C(c1cccc(C(=O)O)n1)(c1cc(F)cc(-c2[c-]cccc2)n1)C(C)CC.[Pt]. The summed E-state index contributed by atoms with van der Waals surface area (Å²) in [5, 5.41) is 9.53. The number of rotatable bonds is 8. The molecule has 32 heavy (non-hydrogen) atoms. The van der Waals surface area contributed by atoms with Crippen molar-refractivity contribution >= 4 is 5.97 Å². The average molecular weight is 615 g/mol. The standard InChI is InChI=1S/C26H28FN2O2.Pt/c1-5-17(3)26(18(4)6-2,23-14-10-13-21(28-23)25(30)31)24-16-20(27)15-22(29-24)19-11-8-7-9-12-19;/h7-11,13-18H,5-6H2,1-4H3,(H,30,31);/q-1;. The fourth-order valence-electron chi connectivity index (χ4n) is 4.45. The van der Waals surface area contributed by atoms with Gasteiger partial charge in [0.05, 0.1) is 11.1 Å². The molecule has 0 saturated heterocycles. The number of pyridine rings is 2. The van der Waals surface area contributed by atoms with Crippen molar-refractivity contribution in [3.63, 3.8) is 0 Å². The second-order valence-corrected chi connectivity index (χ2v) is 8.03. The Balaban J connectivity index is 0.00000363. The predicted octanol–water partition coefficient (Wildman–Crippen LogP) is 6.16. The molecule has 2 aromatic heterocycles. The van der Waals surface area contributed by atoms with E-state index < -0.39 is 11.4 Å². The molecule has 172 valence electrons. The number of carbonyl (C=O) groups is 1. The van der Waals surface area contributed by atoms with Crippen LogP contribution in [0.25, 0.3) is 11.3 Å². The van der Waals surface area contributed by atoms with Crippen molar-refractivity contribution in [1.82, 2.24) is 9.97 Å². The van der Waals surface area contributed by atoms with E-state index >= 15 is 0 Å². The van der Waals surface area contributed by atoms with Gasteiger partial charge in [-0.25, -0.2) is 14.2 Å². The average Bonchev–Trinajstić information content (AvgIpc) is 2.79. The van der Waals surface area contributed by atoms with Gasteiger partial charge in [0, 0.05) is 26.8 Å².